The highest BCUT2D eigenvalue weighted by molar-refractivity contribution is 5.93. The van der Waals surface area contributed by atoms with Crippen molar-refractivity contribution in [1.82, 2.24) is 0 Å². The van der Waals surface area contributed by atoms with Crippen LogP contribution in [0.25, 0.3) is 0 Å². The predicted octanol–water partition coefficient (Wildman–Crippen LogP) is 4.62. The van der Waals surface area contributed by atoms with Gasteiger partial charge in [0.15, 0.2) is 5.78 Å². The smallest absolute Gasteiger partial charge is 0.155 e. The van der Waals surface area contributed by atoms with Crippen LogP contribution in [0.2, 0.25) is 0 Å². The molecule has 2 nitrogen and oxygen atoms in total. The molecule has 126 valence electrons. The quantitative estimate of drug-likeness (QED) is 0.826. The fraction of sp³-hybridized carbons (Fsp3) is 0.850. The zero-order valence-corrected chi connectivity index (χ0v) is 15.0. The van der Waals surface area contributed by atoms with E-state index in [1.165, 1.54) is 25.7 Å². The van der Waals surface area contributed by atoms with Gasteiger partial charge in [-0.05, 0) is 74.2 Å². The normalized spacial score (nSPS) is 41.5. The Balaban J connectivity index is 2.34. The summed E-state index contributed by atoms with van der Waals surface area (Å²) < 4.78 is 0. The second-order valence-electron chi connectivity index (χ2n) is 8.18. The van der Waals surface area contributed by atoms with Crippen molar-refractivity contribution in [2.45, 2.75) is 72.8 Å². The van der Waals surface area contributed by atoms with Crippen molar-refractivity contribution in [2.24, 2.45) is 35.5 Å². The Bertz CT molecular complexity index is 423. The van der Waals surface area contributed by atoms with Crippen molar-refractivity contribution >= 4 is 5.78 Å². The number of carbonyl (C=O) groups excluding carboxylic acids is 1. The molecule has 0 aromatic heterocycles. The highest BCUT2D eigenvalue weighted by Gasteiger charge is 2.36. The zero-order valence-electron chi connectivity index (χ0n) is 15.0. The summed E-state index contributed by atoms with van der Waals surface area (Å²) in [5.74, 6) is 3.25. The van der Waals surface area contributed by atoms with Crippen LogP contribution in [0, 0.1) is 35.5 Å². The molecular weight excluding hydrogens is 272 g/mol. The van der Waals surface area contributed by atoms with Crippen LogP contribution in [0.3, 0.4) is 0 Å². The summed E-state index contributed by atoms with van der Waals surface area (Å²) >= 11 is 0. The molecule has 0 amide bonds. The first-order valence-corrected chi connectivity index (χ1v) is 9.22. The van der Waals surface area contributed by atoms with Gasteiger partial charge in [-0.3, -0.25) is 4.79 Å². The van der Waals surface area contributed by atoms with E-state index < -0.39 is 0 Å². The topological polar surface area (TPSA) is 37.3 Å². The van der Waals surface area contributed by atoms with Crippen LogP contribution in [0.4, 0.5) is 0 Å². The molecule has 7 atom stereocenters. The lowest BCUT2D eigenvalue weighted by atomic mass is 9.69. The summed E-state index contributed by atoms with van der Waals surface area (Å²) in [6, 6.07) is 0. The third-order valence-electron chi connectivity index (χ3n) is 6.38. The van der Waals surface area contributed by atoms with Crippen LogP contribution in [0.15, 0.2) is 11.6 Å². The van der Waals surface area contributed by atoms with E-state index in [1.54, 1.807) is 6.92 Å². The Labute approximate surface area is 136 Å². The van der Waals surface area contributed by atoms with E-state index in [0.29, 0.717) is 11.8 Å². The molecule has 0 heterocycles. The van der Waals surface area contributed by atoms with Gasteiger partial charge in [0.25, 0.3) is 0 Å². The van der Waals surface area contributed by atoms with Crippen molar-refractivity contribution in [1.29, 1.82) is 0 Å². The summed E-state index contributed by atoms with van der Waals surface area (Å²) in [4.78, 5) is 12.2. The molecule has 2 aliphatic rings. The third-order valence-corrected chi connectivity index (χ3v) is 6.38. The largest absolute Gasteiger partial charge is 0.393 e. The molecule has 0 spiro atoms. The monoisotopic (exact) mass is 306 g/mol. The lowest BCUT2D eigenvalue weighted by Gasteiger charge is -2.36. The molecule has 1 N–H and O–H groups in total. The molecule has 0 bridgehead atoms. The molecule has 1 saturated carbocycles. The van der Waals surface area contributed by atoms with Crippen molar-refractivity contribution < 1.29 is 9.90 Å². The molecule has 0 aromatic carbocycles. The van der Waals surface area contributed by atoms with E-state index in [1.807, 2.05) is 6.92 Å². The van der Waals surface area contributed by atoms with Gasteiger partial charge in [0.05, 0.1) is 6.10 Å². The van der Waals surface area contributed by atoms with Gasteiger partial charge < -0.3 is 5.11 Å². The zero-order chi connectivity index (χ0) is 16.4. The summed E-state index contributed by atoms with van der Waals surface area (Å²) in [7, 11) is 0. The van der Waals surface area contributed by atoms with Crippen molar-refractivity contribution in [3.05, 3.63) is 11.6 Å². The standard InChI is InChI=1S/C20H34O2/c1-12-9-17(18-8-6-7-13(18)2)11-20(16(5)22)14(3)19(10-12)15(4)21/h11-15,17-19,21H,6-10H2,1-5H3/t12?,13-,14?,15?,17?,18?,19?/m0/s1. The molecule has 2 rings (SSSR count). The van der Waals surface area contributed by atoms with Gasteiger partial charge in [-0.2, -0.15) is 0 Å². The fourth-order valence-electron chi connectivity index (χ4n) is 5.07. The first kappa shape index (κ1) is 17.7. The molecular formula is C20H34O2. The minimum absolute atomic E-state index is 0.166. The van der Waals surface area contributed by atoms with Gasteiger partial charge in [-0.25, -0.2) is 0 Å². The van der Waals surface area contributed by atoms with Gasteiger partial charge in [-0.1, -0.05) is 39.7 Å². The average Bonchev–Trinajstić information content (AvgIpc) is 2.83. The van der Waals surface area contributed by atoms with Crippen LogP contribution in [0.1, 0.15) is 66.7 Å². The van der Waals surface area contributed by atoms with Crippen molar-refractivity contribution in [3.8, 4) is 0 Å². The summed E-state index contributed by atoms with van der Waals surface area (Å²) in [5.41, 5.74) is 0.974. The minimum Gasteiger partial charge on any atom is -0.393 e. The Hall–Kier alpha value is -0.630. The number of rotatable bonds is 3. The molecule has 0 aliphatic heterocycles. The van der Waals surface area contributed by atoms with Crippen LogP contribution in [-0.4, -0.2) is 17.0 Å². The van der Waals surface area contributed by atoms with Gasteiger partial charge >= 0.3 is 0 Å². The number of Topliss-reactive ketones (excluding diaryl/α,β-unsaturated/α-hetero) is 1. The first-order chi connectivity index (χ1) is 10.3. The molecule has 2 aliphatic carbocycles. The lowest BCUT2D eigenvalue weighted by molar-refractivity contribution is -0.114. The van der Waals surface area contributed by atoms with Gasteiger partial charge in [-0.15, -0.1) is 0 Å². The molecule has 22 heavy (non-hydrogen) atoms. The Morgan fingerprint density at radius 2 is 1.91 bits per heavy atom. The van der Waals surface area contributed by atoms with Gasteiger partial charge in [0.1, 0.15) is 0 Å². The first-order valence-electron chi connectivity index (χ1n) is 9.22. The minimum atomic E-state index is -0.345. The number of ketones is 1. The number of hydrogen-bond acceptors (Lipinski definition) is 2. The van der Waals surface area contributed by atoms with E-state index in [4.69, 9.17) is 0 Å². The van der Waals surface area contributed by atoms with E-state index in [0.717, 1.165) is 23.8 Å². The maximum Gasteiger partial charge on any atom is 0.155 e. The van der Waals surface area contributed by atoms with Crippen LogP contribution < -0.4 is 0 Å². The highest BCUT2D eigenvalue weighted by Crippen LogP contribution is 2.44. The van der Waals surface area contributed by atoms with Gasteiger partial charge in [0, 0.05) is 0 Å². The van der Waals surface area contributed by atoms with E-state index in [-0.39, 0.29) is 23.7 Å². The molecule has 6 unspecified atom stereocenters. The second-order valence-corrected chi connectivity index (χ2v) is 8.18. The Morgan fingerprint density at radius 1 is 1.23 bits per heavy atom. The molecule has 0 radical (unpaired) electrons. The lowest BCUT2D eigenvalue weighted by Crippen LogP contribution is -2.32. The fourth-order valence-corrected chi connectivity index (χ4v) is 5.07. The van der Waals surface area contributed by atoms with Crippen LogP contribution >= 0.6 is 0 Å². The number of aliphatic hydroxyl groups is 1. The molecule has 0 aromatic rings. The summed E-state index contributed by atoms with van der Waals surface area (Å²) in [6.07, 6.45) is 8.15. The number of allylic oxidation sites excluding steroid dienone is 2. The molecule has 1 fully saturated rings. The maximum absolute atomic E-state index is 12.2. The van der Waals surface area contributed by atoms with Gasteiger partial charge in [0.2, 0.25) is 0 Å². The van der Waals surface area contributed by atoms with Crippen molar-refractivity contribution in [2.75, 3.05) is 0 Å². The number of aliphatic hydroxyl groups excluding tert-OH is 1. The Kier molecular flexibility index (Phi) is 5.87. The van der Waals surface area contributed by atoms with E-state index in [2.05, 4.69) is 26.8 Å². The van der Waals surface area contributed by atoms with E-state index in [9.17, 15) is 9.90 Å². The average molecular weight is 306 g/mol. The number of carbonyl (C=O) groups is 1. The van der Waals surface area contributed by atoms with Crippen LogP contribution in [-0.2, 0) is 4.79 Å². The molecule has 0 saturated heterocycles. The highest BCUT2D eigenvalue weighted by atomic mass is 16.3. The maximum atomic E-state index is 12.2. The van der Waals surface area contributed by atoms with E-state index >= 15 is 0 Å². The third kappa shape index (κ3) is 3.82. The summed E-state index contributed by atoms with van der Waals surface area (Å²) in [6.45, 7) is 10.4. The second kappa shape index (κ2) is 7.29. The van der Waals surface area contributed by atoms with Crippen LogP contribution in [0.5, 0.6) is 0 Å². The summed E-state index contributed by atoms with van der Waals surface area (Å²) in [5, 5.41) is 10.2. The SMILES string of the molecule is CC(=O)C1=CC(C2CCC[C@@H]2C)CC(C)CC(C(C)O)C1C. The Morgan fingerprint density at radius 3 is 2.41 bits per heavy atom. The molecule has 2 heteroatoms. The predicted molar refractivity (Wildman–Crippen MR) is 91.5 cm³/mol. The van der Waals surface area contributed by atoms with Crippen molar-refractivity contribution in [3.63, 3.8) is 0 Å². The number of hydrogen-bond donors (Lipinski definition) is 1.